The van der Waals surface area contributed by atoms with Gasteiger partial charge in [-0.2, -0.15) is 0 Å². The zero-order chi connectivity index (χ0) is 20.9. The van der Waals surface area contributed by atoms with Crippen LogP contribution in [0.15, 0.2) is 53.8 Å². The summed E-state index contributed by atoms with van der Waals surface area (Å²) in [7, 11) is 3.58. The van der Waals surface area contributed by atoms with E-state index in [2.05, 4.69) is 61.9 Å². The molecule has 3 heterocycles. The lowest BCUT2D eigenvalue weighted by molar-refractivity contribution is 0.367. The summed E-state index contributed by atoms with van der Waals surface area (Å²) in [6.45, 7) is 6.62. The van der Waals surface area contributed by atoms with Gasteiger partial charge in [-0.05, 0) is 30.7 Å². The van der Waals surface area contributed by atoms with Crippen molar-refractivity contribution >= 4 is 17.3 Å². The SMILES string of the molecule is CN=C(NCCc1cn2cccc(C)c2n1)N1CCN(c2ccccc2OC)CC1. The molecule has 0 atom stereocenters. The van der Waals surface area contributed by atoms with Crippen LogP contribution < -0.4 is 15.0 Å². The highest BCUT2D eigenvalue weighted by molar-refractivity contribution is 5.80. The highest BCUT2D eigenvalue weighted by Crippen LogP contribution is 2.28. The number of benzene rings is 1. The number of imidazole rings is 1. The summed E-state index contributed by atoms with van der Waals surface area (Å²) < 4.78 is 7.61. The van der Waals surface area contributed by atoms with Gasteiger partial charge in [0.05, 0.1) is 18.5 Å². The normalized spacial score (nSPS) is 15.0. The number of ether oxygens (including phenoxy) is 1. The second-order valence-electron chi connectivity index (χ2n) is 7.52. The predicted molar refractivity (Wildman–Crippen MR) is 122 cm³/mol. The number of rotatable bonds is 5. The molecule has 0 unspecified atom stereocenters. The van der Waals surface area contributed by atoms with E-state index in [9.17, 15) is 0 Å². The molecule has 158 valence electrons. The van der Waals surface area contributed by atoms with Crippen molar-refractivity contribution in [3.05, 3.63) is 60.0 Å². The van der Waals surface area contributed by atoms with Crippen LogP contribution >= 0.6 is 0 Å². The Kier molecular flexibility index (Phi) is 6.07. The zero-order valence-electron chi connectivity index (χ0n) is 18.0. The van der Waals surface area contributed by atoms with Gasteiger partial charge in [0.1, 0.15) is 11.4 Å². The van der Waals surface area contributed by atoms with Gasteiger partial charge in [-0.15, -0.1) is 0 Å². The van der Waals surface area contributed by atoms with Crippen LogP contribution in [0.5, 0.6) is 5.75 Å². The minimum absolute atomic E-state index is 0.808. The number of aromatic nitrogens is 2. The molecule has 3 aromatic rings. The molecule has 0 amide bonds. The number of hydrogen-bond donors (Lipinski definition) is 1. The van der Waals surface area contributed by atoms with Gasteiger partial charge in [-0.1, -0.05) is 18.2 Å². The first-order chi connectivity index (χ1) is 14.7. The number of anilines is 1. The Morgan fingerprint density at radius 2 is 1.93 bits per heavy atom. The van der Waals surface area contributed by atoms with E-state index >= 15 is 0 Å². The minimum Gasteiger partial charge on any atom is -0.495 e. The highest BCUT2D eigenvalue weighted by atomic mass is 16.5. The molecule has 0 spiro atoms. The maximum Gasteiger partial charge on any atom is 0.193 e. The third kappa shape index (κ3) is 4.20. The molecule has 1 saturated heterocycles. The second kappa shape index (κ2) is 9.07. The average molecular weight is 407 g/mol. The first-order valence-corrected chi connectivity index (χ1v) is 10.5. The van der Waals surface area contributed by atoms with Crippen LogP contribution in [-0.4, -0.2) is 67.1 Å². The third-order valence-electron chi connectivity index (χ3n) is 5.61. The number of nitrogens with one attached hydrogen (secondary N) is 1. The van der Waals surface area contributed by atoms with Gasteiger partial charge in [0.25, 0.3) is 0 Å². The molecule has 2 aromatic heterocycles. The Morgan fingerprint density at radius 3 is 2.67 bits per heavy atom. The lowest BCUT2D eigenvalue weighted by atomic mass is 10.2. The number of aliphatic imine (C=N–C) groups is 1. The van der Waals surface area contributed by atoms with Crippen LogP contribution in [0, 0.1) is 6.92 Å². The van der Waals surface area contributed by atoms with Crippen molar-refractivity contribution in [1.29, 1.82) is 0 Å². The Labute approximate surface area is 178 Å². The number of piperazine rings is 1. The summed E-state index contributed by atoms with van der Waals surface area (Å²) in [6, 6.07) is 12.4. The molecular weight excluding hydrogens is 376 g/mol. The van der Waals surface area contributed by atoms with Gasteiger partial charge in [-0.25, -0.2) is 4.98 Å². The molecule has 1 aliphatic rings. The monoisotopic (exact) mass is 406 g/mol. The smallest absolute Gasteiger partial charge is 0.193 e. The van der Waals surface area contributed by atoms with Crippen molar-refractivity contribution in [2.45, 2.75) is 13.3 Å². The fourth-order valence-electron chi connectivity index (χ4n) is 4.01. The van der Waals surface area contributed by atoms with Gasteiger partial charge < -0.3 is 24.3 Å². The van der Waals surface area contributed by atoms with Gasteiger partial charge in [0.15, 0.2) is 5.96 Å². The van der Waals surface area contributed by atoms with Crippen molar-refractivity contribution in [2.75, 3.05) is 51.8 Å². The van der Waals surface area contributed by atoms with Crippen LogP contribution in [0.4, 0.5) is 5.69 Å². The molecule has 7 nitrogen and oxygen atoms in total. The summed E-state index contributed by atoms with van der Waals surface area (Å²) in [4.78, 5) is 13.9. The Bertz CT molecular complexity index is 1020. The van der Waals surface area contributed by atoms with Crippen LogP contribution in [-0.2, 0) is 6.42 Å². The summed E-state index contributed by atoms with van der Waals surface area (Å²) in [5.41, 5.74) is 4.47. The van der Waals surface area contributed by atoms with E-state index in [1.54, 1.807) is 7.11 Å². The minimum atomic E-state index is 0.808. The van der Waals surface area contributed by atoms with Gasteiger partial charge in [-0.3, -0.25) is 4.99 Å². The lowest BCUT2D eigenvalue weighted by Gasteiger charge is -2.38. The summed E-state index contributed by atoms with van der Waals surface area (Å²) in [5, 5.41) is 3.51. The molecule has 1 N–H and O–H groups in total. The highest BCUT2D eigenvalue weighted by Gasteiger charge is 2.21. The average Bonchev–Trinajstić information content (AvgIpc) is 3.21. The Hall–Kier alpha value is -3.22. The topological polar surface area (TPSA) is 57.4 Å². The molecule has 0 bridgehead atoms. The molecule has 7 heteroatoms. The van der Waals surface area contributed by atoms with Crippen LogP contribution in [0.2, 0.25) is 0 Å². The van der Waals surface area contributed by atoms with Crippen molar-refractivity contribution in [2.24, 2.45) is 4.99 Å². The van der Waals surface area contributed by atoms with Gasteiger partial charge in [0.2, 0.25) is 0 Å². The van der Waals surface area contributed by atoms with E-state index in [0.717, 1.165) is 67.9 Å². The number of nitrogens with zero attached hydrogens (tertiary/aromatic N) is 5. The number of fused-ring (bicyclic) bond motifs is 1. The lowest BCUT2D eigenvalue weighted by Crippen LogP contribution is -2.52. The molecule has 0 aliphatic carbocycles. The first-order valence-electron chi connectivity index (χ1n) is 10.5. The Morgan fingerprint density at radius 1 is 1.13 bits per heavy atom. The third-order valence-corrected chi connectivity index (χ3v) is 5.61. The van der Waals surface area contributed by atoms with E-state index in [1.807, 2.05) is 25.4 Å². The zero-order valence-corrected chi connectivity index (χ0v) is 18.0. The van der Waals surface area contributed by atoms with Crippen molar-refractivity contribution in [3.8, 4) is 5.75 Å². The number of methoxy groups -OCH3 is 1. The summed E-state index contributed by atoms with van der Waals surface area (Å²) in [5.74, 6) is 1.88. The second-order valence-corrected chi connectivity index (χ2v) is 7.52. The number of hydrogen-bond acceptors (Lipinski definition) is 4. The van der Waals surface area contributed by atoms with E-state index in [4.69, 9.17) is 9.72 Å². The fourth-order valence-corrected chi connectivity index (χ4v) is 4.01. The van der Waals surface area contributed by atoms with E-state index < -0.39 is 0 Å². The van der Waals surface area contributed by atoms with Crippen molar-refractivity contribution < 1.29 is 4.74 Å². The van der Waals surface area contributed by atoms with Gasteiger partial charge in [0, 0.05) is 58.6 Å². The molecule has 0 saturated carbocycles. The number of para-hydroxylation sites is 2. The number of guanidine groups is 1. The molecule has 4 rings (SSSR count). The summed E-state index contributed by atoms with van der Waals surface area (Å²) >= 11 is 0. The first kappa shape index (κ1) is 20.1. The quantitative estimate of drug-likeness (QED) is 0.521. The predicted octanol–water partition coefficient (Wildman–Crippen LogP) is 2.59. The molecule has 1 fully saturated rings. The Balaban J connectivity index is 1.31. The summed E-state index contributed by atoms with van der Waals surface area (Å²) in [6.07, 6.45) is 5.02. The van der Waals surface area contributed by atoms with Crippen LogP contribution in [0.3, 0.4) is 0 Å². The van der Waals surface area contributed by atoms with E-state index in [1.165, 1.54) is 5.56 Å². The number of pyridine rings is 1. The van der Waals surface area contributed by atoms with Crippen molar-refractivity contribution in [3.63, 3.8) is 0 Å². The maximum atomic E-state index is 5.52. The van der Waals surface area contributed by atoms with Crippen LogP contribution in [0.25, 0.3) is 5.65 Å². The molecule has 1 aromatic carbocycles. The molecule has 30 heavy (non-hydrogen) atoms. The van der Waals surface area contributed by atoms with Gasteiger partial charge >= 0.3 is 0 Å². The molecule has 1 aliphatic heterocycles. The van der Waals surface area contributed by atoms with E-state index in [-0.39, 0.29) is 0 Å². The van der Waals surface area contributed by atoms with E-state index in [0.29, 0.717) is 0 Å². The largest absolute Gasteiger partial charge is 0.495 e. The standard InChI is InChI=1S/C23H30N6O/c1-18-7-6-12-29-17-19(26-22(18)29)10-11-25-23(24-2)28-15-13-27(14-16-28)20-8-4-5-9-21(20)30-3/h4-9,12,17H,10-11,13-16H2,1-3H3,(H,24,25). The van der Waals surface area contributed by atoms with Crippen LogP contribution in [0.1, 0.15) is 11.3 Å². The number of aryl methyl sites for hydroxylation is 1. The molecule has 0 radical (unpaired) electrons. The maximum absolute atomic E-state index is 5.52. The van der Waals surface area contributed by atoms with Crippen molar-refractivity contribution in [1.82, 2.24) is 19.6 Å². The molecular formula is C23H30N6O. The fraction of sp³-hybridized carbons (Fsp3) is 0.391.